The van der Waals surface area contributed by atoms with Gasteiger partial charge in [0.2, 0.25) is 0 Å². The van der Waals surface area contributed by atoms with Crippen molar-refractivity contribution in [2.75, 3.05) is 20.1 Å². The van der Waals surface area contributed by atoms with Crippen molar-refractivity contribution in [2.24, 2.45) is 0 Å². The normalized spacial score (nSPS) is 9.53. The standard InChI is InChI=1S/C10H16N2OS.ClH/c1-7-6-9(14-8(7)2)10(13)12-5-4-11-3;/h6,11H,4-5H2,1-3H3,(H,12,13);1H. The molecular weight excluding hydrogens is 232 g/mol. The molecule has 0 radical (unpaired) electrons. The molecule has 1 rings (SSSR count). The molecule has 0 unspecified atom stereocenters. The number of rotatable bonds is 4. The summed E-state index contributed by atoms with van der Waals surface area (Å²) in [6.45, 7) is 5.53. The third-order valence-electron chi connectivity index (χ3n) is 2.05. The average molecular weight is 249 g/mol. The average Bonchev–Trinajstić information content (AvgIpc) is 2.47. The molecule has 1 aromatic rings. The number of carbonyl (C=O) groups excluding carboxylic acids is 1. The summed E-state index contributed by atoms with van der Waals surface area (Å²) in [5, 5.41) is 5.83. The van der Waals surface area contributed by atoms with Crippen LogP contribution in [-0.4, -0.2) is 26.0 Å². The lowest BCUT2D eigenvalue weighted by Gasteiger charge is -2.01. The van der Waals surface area contributed by atoms with Gasteiger partial charge in [-0.25, -0.2) is 0 Å². The zero-order valence-corrected chi connectivity index (χ0v) is 10.8. The Labute approximate surface area is 101 Å². The van der Waals surface area contributed by atoms with E-state index in [1.54, 1.807) is 11.3 Å². The van der Waals surface area contributed by atoms with Crippen molar-refractivity contribution in [3.8, 4) is 0 Å². The lowest BCUT2D eigenvalue weighted by molar-refractivity contribution is 0.0958. The molecule has 0 aliphatic rings. The first-order valence-corrected chi connectivity index (χ1v) is 5.46. The summed E-state index contributed by atoms with van der Waals surface area (Å²) in [7, 11) is 1.87. The largest absolute Gasteiger partial charge is 0.350 e. The molecular formula is C10H17ClN2OS. The van der Waals surface area contributed by atoms with Crippen LogP contribution < -0.4 is 10.6 Å². The smallest absolute Gasteiger partial charge is 0.261 e. The maximum Gasteiger partial charge on any atom is 0.261 e. The number of hydrogen-bond donors (Lipinski definition) is 2. The van der Waals surface area contributed by atoms with E-state index in [1.807, 2.05) is 27.0 Å². The molecule has 5 heteroatoms. The van der Waals surface area contributed by atoms with Gasteiger partial charge in [0.25, 0.3) is 5.91 Å². The summed E-state index contributed by atoms with van der Waals surface area (Å²) in [6, 6.07) is 1.94. The van der Waals surface area contributed by atoms with Crippen LogP contribution in [0.2, 0.25) is 0 Å². The van der Waals surface area contributed by atoms with E-state index in [4.69, 9.17) is 0 Å². The van der Waals surface area contributed by atoms with Crippen LogP contribution in [-0.2, 0) is 0 Å². The van der Waals surface area contributed by atoms with Crippen molar-refractivity contribution in [1.82, 2.24) is 10.6 Å². The molecule has 0 saturated carbocycles. The molecule has 0 saturated heterocycles. The molecule has 0 aromatic carbocycles. The van der Waals surface area contributed by atoms with Gasteiger partial charge in [0.1, 0.15) is 0 Å². The number of amides is 1. The molecule has 86 valence electrons. The third-order valence-corrected chi connectivity index (χ3v) is 3.20. The maximum absolute atomic E-state index is 11.6. The van der Waals surface area contributed by atoms with Crippen LogP contribution in [0, 0.1) is 13.8 Å². The molecule has 0 fully saturated rings. The van der Waals surface area contributed by atoms with Gasteiger partial charge in [-0.3, -0.25) is 4.79 Å². The van der Waals surface area contributed by atoms with E-state index in [0.29, 0.717) is 6.54 Å². The Hall–Kier alpha value is -0.580. The molecule has 15 heavy (non-hydrogen) atoms. The molecule has 0 spiro atoms. The van der Waals surface area contributed by atoms with Gasteiger partial charge in [0.05, 0.1) is 4.88 Å². The van der Waals surface area contributed by atoms with Crippen LogP contribution in [0.5, 0.6) is 0 Å². The lowest BCUT2D eigenvalue weighted by atomic mass is 10.3. The zero-order chi connectivity index (χ0) is 10.6. The highest BCUT2D eigenvalue weighted by Gasteiger charge is 2.08. The first-order valence-electron chi connectivity index (χ1n) is 4.65. The summed E-state index contributed by atoms with van der Waals surface area (Å²) in [5.74, 6) is 0.0291. The highest BCUT2D eigenvalue weighted by atomic mass is 35.5. The van der Waals surface area contributed by atoms with Crippen LogP contribution in [0.3, 0.4) is 0 Å². The number of likely N-dealkylation sites (N-methyl/N-ethyl adjacent to an activating group) is 1. The fourth-order valence-electron chi connectivity index (χ4n) is 1.07. The Morgan fingerprint density at radius 3 is 2.53 bits per heavy atom. The van der Waals surface area contributed by atoms with Gasteiger partial charge in [-0.05, 0) is 32.5 Å². The summed E-state index contributed by atoms with van der Waals surface area (Å²) >= 11 is 1.55. The van der Waals surface area contributed by atoms with Crippen molar-refractivity contribution >= 4 is 29.7 Å². The summed E-state index contributed by atoms with van der Waals surface area (Å²) in [4.78, 5) is 13.6. The van der Waals surface area contributed by atoms with Gasteiger partial charge >= 0.3 is 0 Å². The number of aryl methyl sites for hydroxylation is 2. The van der Waals surface area contributed by atoms with E-state index in [1.165, 1.54) is 10.4 Å². The van der Waals surface area contributed by atoms with Crippen LogP contribution >= 0.6 is 23.7 Å². The molecule has 0 aliphatic heterocycles. The molecule has 1 aromatic heterocycles. The van der Waals surface area contributed by atoms with Crippen LogP contribution in [0.1, 0.15) is 20.1 Å². The van der Waals surface area contributed by atoms with Crippen LogP contribution in [0.15, 0.2) is 6.07 Å². The Kier molecular flexibility index (Phi) is 6.56. The predicted molar refractivity (Wildman–Crippen MR) is 67.3 cm³/mol. The molecule has 0 atom stereocenters. The van der Waals surface area contributed by atoms with Crippen molar-refractivity contribution in [2.45, 2.75) is 13.8 Å². The van der Waals surface area contributed by atoms with Crippen LogP contribution in [0.4, 0.5) is 0 Å². The van der Waals surface area contributed by atoms with Crippen molar-refractivity contribution in [3.63, 3.8) is 0 Å². The van der Waals surface area contributed by atoms with Gasteiger partial charge in [-0.1, -0.05) is 0 Å². The fraction of sp³-hybridized carbons (Fsp3) is 0.500. The third kappa shape index (κ3) is 4.20. The predicted octanol–water partition coefficient (Wildman–Crippen LogP) is 1.74. The van der Waals surface area contributed by atoms with Gasteiger partial charge < -0.3 is 10.6 Å². The van der Waals surface area contributed by atoms with E-state index in [-0.39, 0.29) is 18.3 Å². The highest BCUT2D eigenvalue weighted by molar-refractivity contribution is 7.14. The second kappa shape index (κ2) is 6.82. The Morgan fingerprint density at radius 1 is 1.40 bits per heavy atom. The molecule has 1 heterocycles. The monoisotopic (exact) mass is 248 g/mol. The molecule has 0 bridgehead atoms. The van der Waals surface area contributed by atoms with Gasteiger partial charge in [-0.2, -0.15) is 0 Å². The Morgan fingerprint density at radius 2 is 2.07 bits per heavy atom. The summed E-state index contributed by atoms with van der Waals surface area (Å²) < 4.78 is 0. The van der Waals surface area contributed by atoms with Crippen molar-refractivity contribution < 1.29 is 4.79 Å². The number of thiophene rings is 1. The van der Waals surface area contributed by atoms with E-state index >= 15 is 0 Å². The maximum atomic E-state index is 11.6. The van der Waals surface area contributed by atoms with E-state index in [0.717, 1.165) is 11.4 Å². The molecule has 3 nitrogen and oxygen atoms in total. The fourth-order valence-corrected chi connectivity index (χ4v) is 2.02. The van der Waals surface area contributed by atoms with Gasteiger partial charge in [0.15, 0.2) is 0 Å². The van der Waals surface area contributed by atoms with Gasteiger partial charge in [0, 0.05) is 18.0 Å². The van der Waals surface area contributed by atoms with Crippen molar-refractivity contribution in [1.29, 1.82) is 0 Å². The quantitative estimate of drug-likeness (QED) is 0.797. The van der Waals surface area contributed by atoms with E-state index in [9.17, 15) is 4.79 Å². The number of hydrogen-bond acceptors (Lipinski definition) is 3. The van der Waals surface area contributed by atoms with E-state index in [2.05, 4.69) is 10.6 Å². The number of nitrogens with one attached hydrogen (secondary N) is 2. The zero-order valence-electron chi connectivity index (χ0n) is 9.22. The molecule has 2 N–H and O–H groups in total. The van der Waals surface area contributed by atoms with Crippen LogP contribution in [0.25, 0.3) is 0 Å². The van der Waals surface area contributed by atoms with Gasteiger partial charge in [-0.15, -0.1) is 23.7 Å². The molecule has 1 amide bonds. The lowest BCUT2D eigenvalue weighted by Crippen LogP contribution is -2.29. The first-order chi connectivity index (χ1) is 6.65. The molecule has 0 aliphatic carbocycles. The Bertz CT molecular complexity index is 306. The van der Waals surface area contributed by atoms with E-state index < -0.39 is 0 Å². The van der Waals surface area contributed by atoms with Crippen molar-refractivity contribution in [3.05, 3.63) is 21.4 Å². The summed E-state index contributed by atoms with van der Waals surface area (Å²) in [5.41, 5.74) is 1.19. The second-order valence-corrected chi connectivity index (χ2v) is 4.47. The minimum Gasteiger partial charge on any atom is -0.350 e. The topological polar surface area (TPSA) is 41.1 Å². The minimum atomic E-state index is 0. The summed E-state index contributed by atoms with van der Waals surface area (Å²) in [6.07, 6.45) is 0. The minimum absolute atomic E-state index is 0. The SMILES string of the molecule is CNCCNC(=O)c1cc(C)c(C)s1.Cl. The highest BCUT2D eigenvalue weighted by Crippen LogP contribution is 2.20. The second-order valence-electron chi connectivity index (χ2n) is 3.21. The number of carbonyl (C=O) groups is 1. The first kappa shape index (κ1) is 14.4. The number of halogens is 1. The Balaban J connectivity index is 0.00000196.